The highest BCUT2D eigenvalue weighted by Crippen LogP contribution is 2.45. The Hall–Kier alpha value is -3.78. The van der Waals surface area contributed by atoms with Gasteiger partial charge in [0.1, 0.15) is 0 Å². The van der Waals surface area contributed by atoms with Crippen LogP contribution in [0.4, 0.5) is 11.4 Å². The molecule has 0 radical (unpaired) electrons. The molecule has 0 aromatic heterocycles. The summed E-state index contributed by atoms with van der Waals surface area (Å²) in [6.45, 7) is 7.29. The van der Waals surface area contributed by atoms with Gasteiger partial charge in [-0.3, -0.25) is 0 Å². The van der Waals surface area contributed by atoms with Gasteiger partial charge in [0.05, 0.1) is 6.04 Å². The molecule has 3 aromatic carbocycles. The summed E-state index contributed by atoms with van der Waals surface area (Å²) in [6.07, 6.45) is 11.6. The smallest absolute Gasteiger partial charge is 0.0627 e. The third-order valence-corrected chi connectivity index (χ3v) is 5.80. The second-order valence-electron chi connectivity index (χ2n) is 7.82. The zero-order valence-corrected chi connectivity index (χ0v) is 18.6. The monoisotopic (exact) mass is 418 g/mol. The van der Waals surface area contributed by atoms with E-state index in [1.54, 1.807) is 0 Å². The summed E-state index contributed by atoms with van der Waals surface area (Å²) in [5.74, 6) is 0. The fourth-order valence-electron chi connectivity index (χ4n) is 4.21. The zero-order chi connectivity index (χ0) is 22.2. The van der Waals surface area contributed by atoms with Gasteiger partial charge in [0, 0.05) is 23.5 Å². The maximum absolute atomic E-state index is 4.43. The molecular formula is C30H30N2. The number of fused-ring (bicyclic) bond motifs is 1. The van der Waals surface area contributed by atoms with Crippen LogP contribution in [0.1, 0.15) is 24.5 Å². The van der Waals surface area contributed by atoms with Gasteiger partial charge < -0.3 is 10.2 Å². The third-order valence-electron chi connectivity index (χ3n) is 5.80. The lowest BCUT2D eigenvalue weighted by molar-refractivity contribution is 0.829. The highest BCUT2D eigenvalue weighted by Gasteiger charge is 2.32. The highest BCUT2D eigenvalue weighted by atomic mass is 15.2. The average molecular weight is 419 g/mol. The van der Waals surface area contributed by atoms with Crippen LogP contribution < -0.4 is 10.2 Å². The van der Waals surface area contributed by atoms with Gasteiger partial charge in [-0.15, -0.1) is 0 Å². The normalized spacial score (nSPS) is 16.2. The summed E-state index contributed by atoms with van der Waals surface area (Å²) in [7, 11) is 0. The van der Waals surface area contributed by atoms with Gasteiger partial charge in [-0.1, -0.05) is 97.6 Å². The van der Waals surface area contributed by atoms with Crippen molar-refractivity contribution < 1.29 is 0 Å². The largest absolute Gasteiger partial charge is 0.388 e. The van der Waals surface area contributed by atoms with E-state index in [4.69, 9.17) is 0 Å². The first kappa shape index (κ1) is 21.5. The van der Waals surface area contributed by atoms with Crippen molar-refractivity contribution >= 4 is 22.5 Å². The summed E-state index contributed by atoms with van der Waals surface area (Å²) in [4.78, 5) is 2.40. The molecule has 3 aromatic rings. The number of nitrogens with zero attached hydrogens (tertiary/aromatic N) is 1. The number of nitrogens with one attached hydrogen (secondary N) is 1. The van der Waals surface area contributed by atoms with Gasteiger partial charge in [-0.05, 0) is 54.5 Å². The van der Waals surface area contributed by atoms with Crippen molar-refractivity contribution in [3.63, 3.8) is 0 Å². The van der Waals surface area contributed by atoms with Crippen LogP contribution in [0.25, 0.3) is 11.1 Å². The van der Waals surface area contributed by atoms with Gasteiger partial charge in [0.2, 0.25) is 0 Å². The summed E-state index contributed by atoms with van der Waals surface area (Å²) < 4.78 is 0. The number of hydrogen-bond acceptors (Lipinski definition) is 2. The lowest BCUT2D eigenvalue weighted by Crippen LogP contribution is -2.26. The highest BCUT2D eigenvalue weighted by molar-refractivity contribution is 5.91. The molecule has 1 heterocycles. The van der Waals surface area contributed by atoms with Crippen molar-refractivity contribution in [3.05, 3.63) is 133 Å². The van der Waals surface area contributed by atoms with Crippen LogP contribution in [-0.2, 0) is 0 Å². The molecule has 0 fully saturated rings. The van der Waals surface area contributed by atoms with Crippen LogP contribution in [0.3, 0.4) is 0 Å². The molecule has 0 spiro atoms. The molecule has 4 rings (SSSR count). The number of anilines is 2. The number of rotatable bonds is 8. The molecule has 0 aliphatic carbocycles. The Bertz CT molecular complexity index is 1120. The number of benzene rings is 3. The molecule has 1 aliphatic heterocycles. The Kier molecular flexibility index (Phi) is 7.04. The molecule has 1 N–H and O–H groups in total. The fourth-order valence-corrected chi connectivity index (χ4v) is 4.21. The lowest BCUT2D eigenvalue weighted by Gasteiger charge is -2.27. The summed E-state index contributed by atoms with van der Waals surface area (Å²) in [6, 6.07) is 29.8. The second-order valence-corrected chi connectivity index (χ2v) is 7.82. The van der Waals surface area contributed by atoms with Crippen molar-refractivity contribution in [3.8, 4) is 0 Å². The van der Waals surface area contributed by atoms with Gasteiger partial charge in [0.25, 0.3) is 0 Å². The zero-order valence-electron chi connectivity index (χ0n) is 18.6. The molecule has 0 bridgehead atoms. The summed E-state index contributed by atoms with van der Waals surface area (Å²) in [5.41, 5.74) is 7.32. The molecule has 32 heavy (non-hydrogen) atoms. The van der Waals surface area contributed by atoms with Crippen LogP contribution in [0.15, 0.2) is 122 Å². The van der Waals surface area contributed by atoms with Crippen LogP contribution in [0, 0.1) is 0 Å². The maximum Gasteiger partial charge on any atom is 0.0627 e. The van der Waals surface area contributed by atoms with Gasteiger partial charge >= 0.3 is 0 Å². The molecule has 1 atom stereocenters. The number of hydrogen-bond donors (Lipinski definition) is 1. The van der Waals surface area contributed by atoms with E-state index in [1.165, 1.54) is 33.6 Å². The maximum atomic E-state index is 4.43. The first-order valence-corrected chi connectivity index (χ1v) is 11.2. The predicted molar refractivity (Wildman–Crippen MR) is 139 cm³/mol. The first-order valence-electron chi connectivity index (χ1n) is 11.2. The van der Waals surface area contributed by atoms with E-state index in [0.717, 1.165) is 13.0 Å². The van der Waals surface area contributed by atoms with Crippen molar-refractivity contribution in [1.82, 2.24) is 5.32 Å². The molecule has 2 nitrogen and oxygen atoms in total. The minimum atomic E-state index is 0.219. The number of para-hydroxylation sites is 2. The average Bonchev–Trinajstić information content (AvgIpc) is 3.13. The number of allylic oxidation sites excluding steroid dienone is 3. The van der Waals surface area contributed by atoms with E-state index in [-0.39, 0.29) is 6.04 Å². The Morgan fingerprint density at radius 3 is 2.34 bits per heavy atom. The van der Waals surface area contributed by atoms with Crippen molar-refractivity contribution in [2.75, 3.05) is 11.4 Å². The van der Waals surface area contributed by atoms with Crippen LogP contribution >= 0.6 is 0 Å². The quantitative estimate of drug-likeness (QED) is 0.303. The molecule has 0 saturated carbocycles. The fraction of sp³-hybridized carbons (Fsp3) is 0.133. The minimum absolute atomic E-state index is 0.219. The lowest BCUT2D eigenvalue weighted by atomic mass is 10.0. The van der Waals surface area contributed by atoms with Crippen molar-refractivity contribution in [2.24, 2.45) is 0 Å². The van der Waals surface area contributed by atoms with Crippen LogP contribution in [-0.4, -0.2) is 12.6 Å². The van der Waals surface area contributed by atoms with E-state index in [1.807, 2.05) is 6.07 Å². The van der Waals surface area contributed by atoms with Crippen molar-refractivity contribution in [2.45, 2.75) is 19.4 Å². The van der Waals surface area contributed by atoms with Crippen molar-refractivity contribution in [1.29, 1.82) is 0 Å². The van der Waals surface area contributed by atoms with E-state index in [2.05, 4.69) is 133 Å². The Balaban J connectivity index is 1.37. The van der Waals surface area contributed by atoms with E-state index in [9.17, 15) is 0 Å². The molecule has 160 valence electrons. The van der Waals surface area contributed by atoms with Crippen LogP contribution in [0.5, 0.6) is 0 Å². The molecule has 2 heteroatoms. The van der Waals surface area contributed by atoms with Gasteiger partial charge in [-0.2, -0.15) is 0 Å². The third kappa shape index (κ3) is 4.76. The first-order chi connectivity index (χ1) is 15.8. The Morgan fingerprint density at radius 2 is 1.59 bits per heavy atom. The summed E-state index contributed by atoms with van der Waals surface area (Å²) >= 11 is 0. The van der Waals surface area contributed by atoms with Gasteiger partial charge in [-0.25, -0.2) is 0 Å². The molecule has 0 amide bonds. The molecular weight excluding hydrogens is 388 g/mol. The van der Waals surface area contributed by atoms with Gasteiger partial charge in [0.15, 0.2) is 0 Å². The van der Waals surface area contributed by atoms with E-state index < -0.39 is 0 Å². The standard InChI is InChI=1S/C30H30N2/c1-3-25(26-14-6-4-7-15-26)16-12-22-31-23-13-21-29-24(2)28-19-10-11-20-30(28)32(29)27-17-8-5-9-18-27/h3-20,23,29,31H,2,21-22H2,1H3/b16-12-,23-13+,25-3+. The van der Waals surface area contributed by atoms with Crippen LogP contribution in [0.2, 0.25) is 0 Å². The Morgan fingerprint density at radius 1 is 0.906 bits per heavy atom. The SMILES string of the molecule is C=C1c2ccccc2N(c2ccccc2)C1C/C=C/NC/C=C\C(=C/C)c1ccccc1. The van der Waals surface area contributed by atoms with E-state index in [0.29, 0.717) is 0 Å². The molecule has 1 aliphatic rings. The van der Waals surface area contributed by atoms with E-state index >= 15 is 0 Å². The minimum Gasteiger partial charge on any atom is -0.388 e. The second kappa shape index (κ2) is 10.5. The molecule has 0 saturated heterocycles. The topological polar surface area (TPSA) is 15.3 Å². The molecule has 1 unspecified atom stereocenters. The summed E-state index contributed by atoms with van der Waals surface area (Å²) in [5, 5.41) is 3.39. The predicted octanol–water partition coefficient (Wildman–Crippen LogP) is 7.37. The Labute approximate surface area is 191 Å².